The van der Waals surface area contributed by atoms with Crippen molar-refractivity contribution in [2.24, 2.45) is 5.92 Å². The Kier molecular flexibility index (Phi) is 9.76. The largest absolute Gasteiger partial charge is 0.464 e. The first-order valence-electron chi connectivity index (χ1n) is 8.51. The molecule has 0 aromatic rings. The van der Waals surface area contributed by atoms with Gasteiger partial charge in [0.05, 0.1) is 19.1 Å². The molecule has 1 heterocycles. The number of hydrogen-bond acceptors (Lipinski definition) is 5. The number of rotatable bonds is 4. The summed E-state index contributed by atoms with van der Waals surface area (Å²) in [5.74, 6) is -1.23. The van der Waals surface area contributed by atoms with E-state index in [0.29, 0.717) is 12.8 Å². The Morgan fingerprint density at radius 2 is 2.21 bits per heavy atom. The highest BCUT2D eigenvalue weighted by molar-refractivity contribution is 5.86. The van der Waals surface area contributed by atoms with Gasteiger partial charge < -0.3 is 20.5 Å². The second-order valence-electron chi connectivity index (χ2n) is 6.02. The molecule has 3 N–H and O–H groups in total. The Bertz CT molecular complexity index is 450. The van der Waals surface area contributed by atoms with Crippen molar-refractivity contribution in [3.63, 3.8) is 0 Å². The van der Waals surface area contributed by atoms with Crippen LogP contribution in [0.4, 0.5) is 0 Å². The number of aliphatic hydroxyl groups excluding tert-OH is 1. The minimum atomic E-state index is -0.481. The van der Waals surface area contributed by atoms with E-state index < -0.39 is 5.92 Å². The van der Waals surface area contributed by atoms with E-state index in [1.54, 1.807) is 6.92 Å². The lowest BCUT2D eigenvalue weighted by molar-refractivity contribution is -0.144. The molecule has 0 spiro atoms. The summed E-state index contributed by atoms with van der Waals surface area (Å²) in [6.45, 7) is 1.92. The average molecular weight is 340 g/mol. The van der Waals surface area contributed by atoms with Crippen LogP contribution in [0, 0.1) is 5.92 Å². The number of nitrogens with one attached hydrogen (secondary N) is 2. The number of allylic oxidation sites excluding steroid dienone is 2. The summed E-state index contributed by atoms with van der Waals surface area (Å²) >= 11 is 0. The summed E-state index contributed by atoms with van der Waals surface area (Å²) in [6.07, 6.45) is 7.32. The third-order valence-electron chi connectivity index (χ3n) is 3.74. The highest BCUT2D eigenvalue weighted by Crippen LogP contribution is 2.12. The number of esters is 1. The van der Waals surface area contributed by atoms with Crippen LogP contribution in [0.3, 0.4) is 0 Å². The molecule has 0 unspecified atom stereocenters. The van der Waals surface area contributed by atoms with Gasteiger partial charge in [0.1, 0.15) is 6.61 Å². The molecule has 0 radical (unpaired) electrons. The second kappa shape index (κ2) is 11.6. The van der Waals surface area contributed by atoms with Crippen molar-refractivity contribution in [2.75, 3.05) is 19.8 Å². The molecule has 1 aliphatic rings. The Hall–Kier alpha value is -1.89. The van der Waals surface area contributed by atoms with Crippen LogP contribution in [0.15, 0.2) is 12.2 Å². The molecule has 0 fully saturated rings. The van der Waals surface area contributed by atoms with Crippen LogP contribution in [0.2, 0.25) is 0 Å². The molecule has 1 aliphatic heterocycles. The minimum absolute atomic E-state index is 0.0559. The zero-order chi connectivity index (χ0) is 17.8. The number of cyclic esters (lactones) is 1. The van der Waals surface area contributed by atoms with Crippen molar-refractivity contribution in [3.8, 4) is 0 Å². The molecule has 7 heteroatoms. The van der Waals surface area contributed by atoms with Crippen LogP contribution in [-0.2, 0) is 19.1 Å². The molecule has 24 heavy (non-hydrogen) atoms. The first-order valence-corrected chi connectivity index (χ1v) is 8.51. The van der Waals surface area contributed by atoms with E-state index in [9.17, 15) is 14.4 Å². The Morgan fingerprint density at radius 3 is 2.96 bits per heavy atom. The van der Waals surface area contributed by atoms with Crippen molar-refractivity contribution >= 4 is 17.8 Å². The molecule has 7 nitrogen and oxygen atoms in total. The van der Waals surface area contributed by atoms with Gasteiger partial charge in [-0.3, -0.25) is 14.4 Å². The van der Waals surface area contributed by atoms with Crippen LogP contribution >= 0.6 is 0 Å². The third-order valence-corrected chi connectivity index (χ3v) is 3.74. The SMILES string of the molecule is C[C@@H](CO)NC(=O)C[C@H]1CC=CCCCCC(=O)OCCNC1=O. The predicted molar refractivity (Wildman–Crippen MR) is 89.0 cm³/mol. The highest BCUT2D eigenvalue weighted by Gasteiger charge is 2.21. The van der Waals surface area contributed by atoms with E-state index in [2.05, 4.69) is 10.6 Å². The molecule has 0 aliphatic carbocycles. The molecule has 0 saturated carbocycles. The zero-order valence-electron chi connectivity index (χ0n) is 14.3. The summed E-state index contributed by atoms with van der Waals surface area (Å²) < 4.78 is 5.04. The molecule has 0 saturated heterocycles. The highest BCUT2D eigenvalue weighted by atomic mass is 16.5. The molecule has 2 atom stereocenters. The number of ether oxygens (including phenoxy) is 1. The van der Waals surface area contributed by atoms with Gasteiger partial charge in [-0.15, -0.1) is 0 Å². The second-order valence-corrected chi connectivity index (χ2v) is 6.02. The van der Waals surface area contributed by atoms with Gasteiger partial charge in [0.25, 0.3) is 0 Å². The number of aliphatic hydroxyl groups is 1. The molecular formula is C17H28N2O5. The van der Waals surface area contributed by atoms with Crippen LogP contribution in [0.5, 0.6) is 0 Å². The summed E-state index contributed by atoms with van der Waals surface area (Å²) in [7, 11) is 0. The number of amides is 2. The van der Waals surface area contributed by atoms with Crippen LogP contribution < -0.4 is 10.6 Å². The smallest absolute Gasteiger partial charge is 0.305 e. The predicted octanol–water partition coefficient (Wildman–Crippen LogP) is 0.669. The van der Waals surface area contributed by atoms with E-state index in [1.165, 1.54) is 0 Å². The fourth-order valence-electron chi connectivity index (χ4n) is 2.35. The van der Waals surface area contributed by atoms with Gasteiger partial charge >= 0.3 is 5.97 Å². The van der Waals surface area contributed by atoms with E-state index in [4.69, 9.17) is 9.84 Å². The van der Waals surface area contributed by atoms with Crippen molar-refractivity contribution in [1.82, 2.24) is 10.6 Å². The van der Waals surface area contributed by atoms with Crippen LogP contribution in [0.1, 0.15) is 45.4 Å². The summed E-state index contributed by atoms with van der Waals surface area (Å²) in [4.78, 5) is 35.6. The fraction of sp³-hybridized carbons (Fsp3) is 0.706. The Balaban J connectivity index is 2.61. The van der Waals surface area contributed by atoms with Crippen LogP contribution in [-0.4, -0.2) is 48.7 Å². The van der Waals surface area contributed by atoms with E-state index >= 15 is 0 Å². The van der Waals surface area contributed by atoms with E-state index in [0.717, 1.165) is 19.3 Å². The Labute approximate surface area is 142 Å². The van der Waals surface area contributed by atoms with Gasteiger partial charge in [-0.05, 0) is 32.6 Å². The van der Waals surface area contributed by atoms with E-state index in [-0.39, 0.29) is 50.0 Å². The van der Waals surface area contributed by atoms with Crippen LogP contribution in [0.25, 0.3) is 0 Å². The molecule has 2 amide bonds. The topological polar surface area (TPSA) is 105 Å². The summed E-state index contributed by atoms with van der Waals surface area (Å²) in [5.41, 5.74) is 0. The van der Waals surface area contributed by atoms with Crippen molar-refractivity contribution in [1.29, 1.82) is 0 Å². The third kappa shape index (κ3) is 8.67. The lowest BCUT2D eigenvalue weighted by Crippen LogP contribution is -2.39. The standard InChI is InChI=1S/C17H28N2O5/c1-13(12-20)19-15(21)11-14-7-5-3-2-4-6-8-16(22)24-10-9-18-17(14)23/h3,5,13-14,20H,2,4,6-12H2,1H3,(H,18,23)(H,19,21)/t13-,14+/m0/s1. The van der Waals surface area contributed by atoms with Crippen molar-refractivity contribution in [3.05, 3.63) is 12.2 Å². The Morgan fingerprint density at radius 1 is 1.42 bits per heavy atom. The summed E-state index contributed by atoms with van der Waals surface area (Å²) in [5, 5.41) is 14.3. The molecular weight excluding hydrogens is 312 g/mol. The minimum Gasteiger partial charge on any atom is -0.464 e. The van der Waals surface area contributed by atoms with Gasteiger partial charge in [0.2, 0.25) is 11.8 Å². The van der Waals surface area contributed by atoms with Crippen molar-refractivity contribution < 1.29 is 24.2 Å². The molecule has 136 valence electrons. The fourth-order valence-corrected chi connectivity index (χ4v) is 2.35. The van der Waals surface area contributed by atoms with Gasteiger partial charge in [-0.25, -0.2) is 0 Å². The maximum absolute atomic E-state index is 12.2. The molecule has 0 bridgehead atoms. The van der Waals surface area contributed by atoms with Gasteiger partial charge in [-0.1, -0.05) is 12.2 Å². The molecule has 1 rings (SSSR count). The molecule has 0 aromatic carbocycles. The number of carbonyl (C=O) groups excluding carboxylic acids is 3. The van der Waals surface area contributed by atoms with Gasteiger partial charge in [0, 0.05) is 18.9 Å². The number of carbonyl (C=O) groups is 3. The quantitative estimate of drug-likeness (QED) is 0.515. The first-order chi connectivity index (χ1) is 11.5. The number of hydrogen-bond donors (Lipinski definition) is 3. The average Bonchev–Trinajstić information content (AvgIpc) is 2.55. The zero-order valence-corrected chi connectivity index (χ0v) is 14.3. The van der Waals surface area contributed by atoms with Crippen molar-refractivity contribution in [2.45, 2.75) is 51.5 Å². The lowest BCUT2D eigenvalue weighted by Gasteiger charge is -2.17. The normalized spacial score (nSPS) is 22.0. The maximum atomic E-state index is 12.2. The van der Waals surface area contributed by atoms with Gasteiger partial charge in [0.15, 0.2) is 0 Å². The first kappa shape index (κ1) is 20.2. The maximum Gasteiger partial charge on any atom is 0.305 e. The monoisotopic (exact) mass is 340 g/mol. The lowest BCUT2D eigenvalue weighted by atomic mass is 9.98. The van der Waals surface area contributed by atoms with E-state index in [1.807, 2.05) is 12.2 Å². The summed E-state index contributed by atoms with van der Waals surface area (Å²) in [6, 6.07) is -0.339. The molecule has 0 aromatic heterocycles. The van der Waals surface area contributed by atoms with Gasteiger partial charge in [-0.2, -0.15) is 0 Å².